The lowest BCUT2D eigenvalue weighted by atomic mass is 9.65. The summed E-state index contributed by atoms with van der Waals surface area (Å²) in [5, 5.41) is 9.60. The third kappa shape index (κ3) is 4.90. The maximum atomic E-state index is 13.7. The number of rotatable bonds is 7. The van der Waals surface area contributed by atoms with Gasteiger partial charge in [-0.25, -0.2) is 0 Å². The van der Waals surface area contributed by atoms with Crippen LogP contribution in [-0.4, -0.2) is 61.0 Å². The predicted octanol–water partition coefficient (Wildman–Crippen LogP) is 5.27. The van der Waals surface area contributed by atoms with E-state index in [1.54, 1.807) is 0 Å². The molecule has 0 aromatic carbocycles. The van der Waals surface area contributed by atoms with Crippen molar-refractivity contribution in [2.24, 2.45) is 11.8 Å². The summed E-state index contributed by atoms with van der Waals surface area (Å²) in [6, 6.07) is 0. The van der Waals surface area contributed by atoms with Gasteiger partial charge in [0.1, 0.15) is 6.79 Å². The Balaban J connectivity index is 3.74. The van der Waals surface area contributed by atoms with Crippen LogP contribution in [0.1, 0.15) is 19.3 Å². The van der Waals surface area contributed by atoms with Gasteiger partial charge in [-0.05, 0) is 19.3 Å². The zero-order chi connectivity index (χ0) is 25.4. The highest BCUT2D eigenvalue weighted by atomic mass is 19.4. The number of ether oxygens (including phenoxy) is 3. The van der Waals surface area contributed by atoms with Crippen molar-refractivity contribution in [1.29, 1.82) is 0 Å². The van der Waals surface area contributed by atoms with Gasteiger partial charge in [0.2, 0.25) is 0 Å². The van der Waals surface area contributed by atoms with Gasteiger partial charge in [-0.1, -0.05) is 6.58 Å². The van der Waals surface area contributed by atoms with E-state index in [9.17, 15) is 57.8 Å². The second-order valence-electron chi connectivity index (χ2n) is 7.07. The molecule has 0 amide bonds. The molecule has 0 heterocycles. The third-order valence-electron chi connectivity index (χ3n) is 5.23. The average Bonchev–Trinajstić information content (AvgIpc) is 2.57. The Morgan fingerprint density at radius 2 is 1.22 bits per heavy atom. The molecule has 0 saturated heterocycles. The number of methoxy groups -OCH3 is 1. The smallest absolute Gasteiger partial charge is 0.426 e. The van der Waals surface area contributed by atoms with Crippen LogP contribution in [0.15, 0.2) is 12.8 Å². The first kappa shape index (κ1) is 28.6. The quantitative estimate of drug-likeness (QED) is 0.293. The number of halogens is 12. The fraction of sp³-hybridized carbons (Fsp3) is 0.875. The van der Waals surface area contributed by atoms with Crippen molar-refractivity contribution in [2.75, 3.05) is 13.9 Å². The van der Waals surface area contributed by atoms with Crippen molar-refractivity contribution in [2.45, 2.75) is 61.3 Å². The molecule has 1 aliphatic carbocycles. The van der Waals surface area contributed by atoms with Gasteiger partial charge >= 0.3 is 24.7 Å². The molecular weight excluding hydrogens is 484 g/mol. The summed E-state index contributed by atoms with van der Waals surface area (Å²) >= 11 is 0. The van der Waals surface area contributed by atoms with E-state index < -0.39 is 79.9 Å². The fourth-order valence-electron chi connectivity index (χ4n) is 3.87. The molecule has 1 saturated carbocycles. The number of alkyl halides is 12. The number of hydrogen-bond acceptors (Lipinski definition) is 4. The van der Waals surface area contributed by atoms with Crippen LogP contribution in [0.3, 0.4) is 0 Å². The van der Waals surface area contributed by atoms with Crippen LogP contribution >= 0.6 is 0 Å². The lowest BCUT2D eigenvalue weighted by molar-refractivity contribution is -0.420. The van der Waals surface area contributed by atoms with E-state index in [0.717, 1.165) is 0 Å². The molecule has 3 unspecified atom stereocenters. The molecule has 4 nitrogen and oxygen atoms in total. The van der Waals surface area contributed by atoms with Crippen LogP contribution < -0.4 is 0 Å². The normalized spacial score (nSPS) is 24.4. The molecule has 0 aliphatic heterocycles. The molecule has 32 heavy (non-hydrogen) atoms. The van der Waals surface area contributed by atoms with Gasteiger partial charge in [-0.3, -0.25) is 0 Å². The predicted molar refractivity (Wildman–Crippen MR) is 80.8 cm³/mol. The van der Waals surface area contributed by atoms with E-state index in [-0.39, 0.29) is 0 Å². The third-order valence-corrected chi connectivity index (χ3v) is 5.23. The van der Waals surface area contributed by atoms with Crippen LogP contribution in [0.4, 0.5) is 52.7 Å². The largest absolute Gasteiger partial charge is 0.499 e. The topological polar surface area (TPSA) is 47.9 Å². The molecule has 1 rings (SSSR count). The molecule has 0 radical (unpaired) electrons. The SMILES string of the molecule is C=COC1CC(C(O)(C(F)(F)F)C(F)(F)F)CC(C(OCOC)(C(F)(F)F)C(F)(F)F)C1. The minimum absolute atomic E-state index is 0.434. The van der Waals surface area contributed by atoms with Gasteiger partial charge in [0.15, 0.2) is 0 Å². The Bertz CT molecular complexity index is 609. The van der Waals surface area contributed by atoms with Crippen molar-refractivity contribution in [3.8, 4) is 0 Å². The summed E-state index contributed by atoms with van der Waals surface area (Å²) in [6.45, 7) is 1.31. The van der Waals surface area contributed by atoms with Crippen LogP contribution in [0.5, 0.6) is 0 Å². The lowest BCUT2D eigenvalue weighted by Gasteiger charge is -2.49. The Kier molecular flexibility index (Phi) is 8.12. The standard InChI is InChI=1S/C16H18F12O4/c1-3-31-10-5-8(11(29,13(17,18)19)14(20,21)22)4-9(6-10)12(15(23,24)25,16(26,27)28)32-7-30-2/h3,8-10,29H,1,4-7H2,2H3. The monoisotopic (exact) mass is 502 g/mol. The van der Waals surface area contributed by atoms with Crippen LogP contribution in [0.25, 0.3) is 0 Å². The van der Waals surface area contributed by atoms with E-state index in [2.05, 4.69) is 20.8 Å². The summed E-state index contributed by atoms with van der Waals surface area (Å²) in [5.74, 6) is -6.26. The Morgan fingerprint density at radius 1 is 0.781 bits per heavy atom. The summed E-state index contributed by atoms with van der Waals surface area (Å²) in [4.78, 5) is 0. The molecule has 0 bridgehead atoms. The Morgan fingerprint density at radius 3 is 1.56 bits per heavy atom. The van der Waals surface area contributed by atoms with Gasteiger partial charge in [0, 0.05) is 18.9 Å². The second-order valence-corrected chi connectivity index (χ2v) is 7.07. The van der Waals surface area contributed by atoms with E-state index in [4.69, 9.17) is 0 Å². The van der Waals surface area contributed by atoms with Gasteiger partial charge in [0.25, 0.3) is 11.2 Å². The zero-order valence-corrected chi connectivity index (χ0v) is 16.1. The molecule has 1 N–H and O–H groups in total. The highest BCUT2D eigenvalue weighted by Crippen LogP contribution is 2.59. The first-order chi connectivity index (χ1) is 14.2. The van der Waals surface area contributed by atoms with Gasteiger partial charge in [-0.15, -0.1) is 0 Å². The van der Waals surface area contributed by atoms with E-state index in [1.807, 2.05) is 0 Å². The molecule has 0 spiro atoms. The molecule has 1 fully saturated rings. The summed E-state index contributed by atoms with van der Waals surface area (Å²) in [7, 11) is 0.650. The second kappa shape index (κ2) is 9.08. The molecular formula is C16H18F12O4. The minimum Gasteiger partial charge on any atom is -0.499 e. The van der Waals surface area contributed by atoms with Gasteiger partial charge in [0.05, 0.1) is 12.4 Å². The summed E-state index contributed by atoms with van der Waals surface area (Å²) in [6.07, 6.45) is -31.9. The van der Waals surface area contributed by atoms with Crippen molar-refractivity contribution in [1.82, 2.24) is 0 Å². The highest BCUT2D eigenvalue weighted by Gasteiger charge is 2.79. The van der Waals surface area contributed by atoms with Crippen molar-refractivity contribution >= 4 is 0 Å². The highest BCUT2D eigenvalue weighted by molar-refractivity contribution is 5.09. The van der Waals surface area contributed by atoms with Crippen molar-refractivity contribution in [3.05, 3.63) is 12.8 Å². The van der Waals surface area contributed by atoms with E-state index in [0.29, 0.717) is 13.4 Å². The van der Waals surface area contributed by atoms with E-state index in [1.165, 1.54) is 0 Å². The van der Waals surface area contributed by atoms with E-state index >= 15 is 0 Å². The Hall–Kier alpha value is -1.42. The van der Waals surface area contributed by atoms with Gasteiger partial charge < -0.3 is 19.3 Å². The van der Waals surface area contributed by atoms with Crippen LogP contribution in [0, 0.1) is 11.8 Å². The summed E-state index contributed by atoms with van der Waals surface area (Å²) in [5.41, 5.74) is -10.8. The lowest BCUT2D eigenvalue weighted by Crippen LogP contribution is -2.68. The fourth-order valence-corrected chi connectivity index (χ4v) is 3.87. The zero-order valence-electron chi connectivity index (χ0n) is 16.1. The average molecular weight is 502 g/mol. The van der Waals surface area contributed by atoms with Crippen LogP contribution in [-0.2, 0) is 14.2 Å². The van der Waals surface area contributed by atoms with Crippen molar-refractivity contribution < 1.29 is 72.0 Å². The number of aliphatic hydroxyl groups is 1. The maximum absolute atomic E-state index is 13.7. The summed E-state index contributed by atoms with van der Waals surface area (Å²) < 4.78 is 174. The van der Waals surface area contributed by atoms with Crippen molar-refractivity contribution in [3.63, 3.8) is 0 Å². The van der Waals surface area contributed by atoms with Gasteiger partial charge in [-0.2, -0.15) is 52.7 Å². The molecule has 3 atom stereocenters. The molecule has 0 aromatic heterocycles. The minimum atomic E-state index is -6.48. The Labute approximate surface area is 173 Å². The molecule has 16 heteroatoms. The maximum Gasteiger partial charge on any atom is 0.426 e. The molecule has 190 valence electrons. The first-order valence-corrected chi connectivity index (χ1v) is 8.59. The van der Waals surface area contributed by atoms with Crippen LogP contribution in [0.2, 0.25) is 0 Å². The number of hydrogen-bond donors (Lipinski definition) is 1. The first-order valence-electron chi connectivity index (χ1n) is 8.59. The molecule has 0 aromatic rings. The molecule has 1 aliphatic rings.